The van der Waals surface area contributed by atoms with Crippen molar-refractivity contribution in [2.24, 2.45) is 11.8 Å². The fraction of sp³-hybridized carbons (Fsp3) is 0.706. The lowest BCUT2D eigenvalue weighted by Gasteiger charge is -2.22. The number of nitrogens with one attached hydrogen (secondary N) is 1. The molecule has 0 radical (unpaired) electrons. The third kappa shape index (κ3) is 4.57. The van der Waals surface area contributed by atoms with E-state index in [0.29, 0.717) is 0 Å². The largest absolute Gasteiger partial charge is 0.311 e. The monoisotopic (exact) mass is 273 g/mol. The zero-order chi connectivity index (χ0) is 13.8. The highest BCUT2D eigenvalue weighted by molar-refractivity contribution is 5.11. The van der Waals surface area contributed by atoms with Gasteiger partial charge in [-0.1, -0.05) is 13.0 Å². The molecular weight excluding hydrogens is 246 g/mol. The van der Waals surface area contributed by atoms with Crippen LogP contribution >= 0.6 is 0 Å². The lowest BCUT2D eigenvalue weighted by molar-refractivity contribution is 0.241. The summed E-state index contributed by atoms with van der Waals surface area (Å²) in [5, 5.41) is 3.35. The summed E-state index contributed by atoms with van der Waals surface area (Å²) in [6.45, 7) is 7.63. The van der Waals surface area contributed by atoms with Crippen LogP contribution < -0.4 is 5.32 Å². The third-order valence-electron chi connectivity index (χ3n) is 4.23. The van der Waals surface area contributed by atoms with Crippen molar-refractivity contribution in [3.63, 3.8) is 0 Å². The minimum absolute atomic E-state index is 0.885. The molecule has 0 aromatic carbocycles. The lowest BCUT2D eigenvalue weighted by Crippen LogP contribution is -2.28. The third-order valence-corrected chi connectivity index (χ3v) is 4.23. The van der Waals surface area contributed by atoms with Gasteiger partial charge >= 0.3 is 0 Å². The second-order valence-electron chi connectivity index (χ2n) is 6.48. The second kappa shape index (κ2) is 6.68. The Kier molecular flexibility index (Phi) is 4.69. The van der Waals surface area contributed by atoms with E-state index in [-0.39, 0.29) is 0 Å². The van der Waals surface area contributed by atoms with E-state index in [9.17, 15) is 0 Å². The summed E-state index contributed by atoms with van der Waals surface area (Å²) < 4.78 is 0. The maximum Gasteiger partial charge on any atom is 0.0547 e. The average molecular weight is 273 g/mol. The highest BCUT2D eigenvalue weighted by Gasteiger charge is 2.29. The predicted molar refractivity (Wildman–Crippen MR) is 82.3 cm³/mol. The number of hydrogen-bond acceptors (Lipinski definition) is 3. The number of nitrogens with zero attached hydrogens (tertiary/aromatic N) is 2. The molecular formula is C17H27N3. The molecule has 2 fully saturated rings. The molecule has 3 nitrogen and oxygen atoms in total. The number of rotatable bonds is 9. The molecule has 1 aromatic heterocycles. The van der Waals surface area contributed by atoms with Crippen molar-refractivity contribution >= 4 is 0 Å². The molecule has 1 aromatic rings. The van der Waals surface area contributed by atoms with E-state index in [4.69, 9.17) is 4.98 Å². The highest BCUT2D eigenvalue weighted by atomic mass is 15.1. The zero-order valence-electron chi connectivity index (χ0n) is 12.6. The first-order valence-corrected chi connectivity index (χ1v) is 8.21. The maximum atomic E-state index is 4.80. The molecule has 0 atom stereocenters. The zero-order valence-corrected chi connectivity index (χ0v) is 12.6. The SMILES string of the molecule is CCNCc1cccc(CN(CC2CC2)CC2CC2)n1. The van der Waals surface area contributed by atoms with E-state index in [0.717, 1.165) is 31.5 Å². The quantitative estimate of drug-likeness (QED) is 0.750. The van der Waals surface area contributed by atoms with Gasteiger partial charge in [0.15, 0.2) is 0 Å². The van der Waals surface area contributed by atoms with Gasteiger partial charge in [0.2, 0.25) is 0 Å². The molecule has 2 aliphatic rings. The van der Waals surface area contributed by atoms with Crippen LogP contribution in [0.5, 0.6) is 0 Å². The molecule has 0 bridgehead atoms. The second-order valence-corrected chi connectivity index (χ2v) is 6.48. The Morgan fingerprint density at radius 3 is 2.35 bits per heavy atom. The standard InChI is InChI=1S/C17H27N3/c1-2-18-10-16-4-3-5-17(19-16)13-20(11-14-6-7-14)12-15-8-9-15/h3-5,14-15,18H,2,6-13H2,1H3. The average Bonchev–Trinajstić information content (AvgIpc) is 3.33. The van der Waals surface area contributed by atoms with Crippen LogP contribution in [-0.4, -0.2) is 29.5 Å². The van der Waals surface area contributed by atoms with Gasteiger partial charge in [0.25, 0.3) is 0 Å². The van der Waals surface area contributed by atoms with Gasteiger partial charge in [-0.05, 0) is 56.2 Å². The van der Waals surface area contributed by atoms with Gasteiger partial charge in [0.1, 0.15) is 0 Å². The summed E-state index contributed by atoms with van der Waals surface area (Å²) in [6, 6.07) is 6.46. The van der Waals surface area contributed by atoms with E-state index >= 15 is 0 Å². The first kappa shape index (κ1) is 14.0. The van der Waals surface area contributed by atoms with E-state index in [1.54, 1.807) is 0 Å². The first-order valence-electron chi connectivity index (χ1n) is 8.21. The fourth-order valence-electron chi connectivity index (χ4n) is 2.73. The van der Waals surface area contributed by atoms with Gasteiger partial charge in [0.05, 0.1) is 11.4 Å². The van der Waals surface area contributed by atoms with E-state index in [2.05, 4.69) is 35.3 Å². The van der Waals surface area contributed by atoms with Crippen molar-refractivity contribution in [1.29, 1.82) is 0 Å². The molecule has 2 saturated carbocycles. The predicted octanol–water partition coefficient (Wildman–Crippen LogP) is 2.81. The van der Waals surface area contributed by atoms with Crippen LogP contribution in [-0.2, 0) is 13.1 Å². The summed E-state index contributed by atoms with van der Waals surface area (Å²) >= 11 is 0. The smallest absolute Gasteiger partial charge is 0.0547 e. The molecule has 0 unspecified atom stereocenters. The van der Waals surface area contributed by atoms with Crippen LogP contribution in [0.3, 0.4) is 0 Å². The number of aromatic nitrogens is 1. The topological polar surface area (TPSA) is 28.2 Å². The summed E-state index contributed by atoms with van der Waals surface area (Å²) in [6.07, 6.45) is 5.76. The maximum absolute atomic E-state index is 4.80. The van der Waals surface area contributed by atoms with E-state index < -0.39 is 0 Å². The summed E-state index contributed by atoms with van der Waals surface area (Å²) in [4.78, 5) is 7.45. The fourth-order valence-corrected chi connectivity index (χ4v) is 2.73. The van der Waals surface area contributed by atoms with Crippen molar-refractivity contribution in [3.8, 4) is 0 Å². The van der Waals surface area contributed by atoms with Crippen molar-refractivity contribution in [3.05, 3.63) is 29.6 Å². The van der Waals surface area contributed by atoms with Gasteiger partial charge in [0, 0.05) is 26.2 Å². The van der Waals surface area contributed by atoms with Crippen molar-refractivity contribution in [1.82, 2.24) is 15.2 Å². The first-order chi connectivity index (χ1) is 9.83. The Morgan fingerprint density at radius 2 is 1.75 bits per heavy atom. The molecule has 3 heteroatoms. The number of hydrogen-bond donors (Lipinski definition) is 1. The minimum atomic E-state index is 0.885. The van der Waals surface area contributed by atoms with Crippen LogP contribution in [0.2, 0.25) is 0 Å². The molecule has 1 N–H and O–H groups in total. The Hall–Kier alpha value is -0.930. The van der Waals surface area contributed by atoms with Crippen molar-refractivity contribution in [2.75, 3.05) is 19.6 Å². The summed E-state index contributed by atoms with van der Waals surface area (Å²) in [7, 11) is 0. The van der Waals surface area contributed by atoms with Crippen LogP contribution in [0.15, 0.2) is 18.2 Å². The Labute approximate surface area is 122 Å². The summed E-state index contributed by atoms with van der Waals surface area (Å²) in [5.41, 5.74) is 2.41. The minimum Gasteiger partial charge on any atom is -0.311 e. The Bertz CT molecular complexity index is 410. The van der Waals surface area contributed by atoms with Crippen LogP contribution in [0.4, 0.5) is 0 Å². The van der Waals surface area contributed by atoms with Crippen LogP contribution in [0.1, 0.15) is 44.0 Å². The Morgan fingerprint density at radius 1 is 1.10 bits per heavy atom. The highest BCUT2D eigenvalue weighted by Crippen LogP contribution is 2.34. The van der Waals surface area contributed by atoms with Crippen LogP contribution in [0.25, 0.3) is 0 Å². The van der Waals surface area contributed by atoms with Crippen molar-refractivity contribution < 1.29 is 0 Å². The lowest BCUT2D eigenvalue weighted by atomic mass is 10.2. The molecule has 0 aliphatic heterocycles. The van der Waals surface area contributed by atoms with Crippen LogP contribution in [0, 0.1) is 11.8 Å². The molecule has 0 saturated heterocycles. The Balaban J connectivity index is 1.57. The van der Waals surface area contributed by atoms with Gasteiger partial charge in [-0.3, -0.25) is 9.88 Å². The normalized spacial score (nSPS) is 18.7. The van der Waals surface area contributed by atoms with E-state index in [1.165, 1.54) is 50.2 Å². The molecule has 0 amide bonds. The van der Waals surface area contributed by atoms with Gasteiger partial charge < -0.3 is 5.32 Å². The molecule has 0 spiro atoms. The number of pyridine rings is 1. The van der Waals surface area contributed by atoms with Crippen molar-refractivity contribution in [2.45, 2.75) is 45.7 Å². The summed E-state index contributed by atoms with van der Waals surface area (Å²) in [5.74, 6) is 1.94. The van der Waals surface area contributed by atoms with Gasteiger partial charge in [-0.2, -0.15) is 0 Å². The van der Waals surface area contributed by atoms with Gasteiger partial charge in [-0.25, -0.2) is 0 Å². The van der Waals surface area contributed by atoms with Gasteiger partial charge in [-0.15, -0.1) is 0 Å². The molecule has 2 aliphatic carbocycles. The molecule has 3 rings (SSSR count). The van der Waals surface area contributed by atoms with E-state index in [1.807, 2.05) is 0 Å². The molecule has 1 heterocycles. The molecule has 20 heavy (non-hydrogen) atoms. The molecule has 110 valence electrons.